The molecule has 0 bridgehead atoms. The molecule has 0 amide bonds. The van der Waals surface area contributed by atoms with E-state index < -0.39 is 33.3 Å². The molecule has 0 saturated heterocycles. The van der Waals surface area contributed by atoms with Gasteiger partial charge >= 0.3 is 6.18 Å². The summed E-state index contributed by atoms with van der Waals surface area (Å²) in [4.78, 5) is 5.60. The first-order valence-corrected chi connectivity index (χ1v) is 21.3. The number of aromatic nitrogens is 3. The number of fused-ring (bicyclic) bond motifs is 1. The number of hydrogen-bond acceptors (Lipinski definition) is 5. The molecule has 54 heavy (non-hydrogen) atoms. The van der Waals surface area contributed by atoms with Crippen molar-refractivity contribution in [2.24, 2.45) is 5.41 Å². The van der Waals surface area contributed by atoms with E-state index in [-0.39, 0.29) is 5.41 Å². The summed E-state index contributed by atoms with van der Waals surface area (Å²) in [5.74, 6) is 0. The molecule has 3 heterocycles. The van der Waals surface area contributed by atoms with Gasteiger partial charge in [0.15, 0.2) is 0 Å². The van der Waals surface area contributed by atoms with Gasteiger partial charge in [0, 0.05) is 41.7 Å². The summed E-state index contributed by atoms with van der Waals surface area (Å²) >= 11 is 4.87. The van der Waals surface area contributed by atoms with E-state index in [1.807, 2.05) is 55.5 Å². The van der Waals surface area contributed by atoms with Gasteiger partial charge in [-0.1, -0.05) is 111 Å². The molecule has 0 aliphatic rings. The second-order valence-electron chi connectivity index (χ2n) is 15.5. The molecule has 3 aromatic carbocycles. The second kappa shape index (κ2) is 16.2. The minimum Gasteiger partial charge on any atom is -0.407 e. The number of pyridine rings is 1. The zero-order chi connectivity index (χ0) is 38.8. The summed E-state index contributed by atoms with van der Waals surface area (Å²) in [7, 11) is -0.0767. The zero-order valence-corrected chi connectivity index (χ0v) is 35.1. The molecule has 5 nitrogen and oxygen atoms in total. The van der Waals surface area contributed by atoms with Crippen molar-refractivity contribution in [3.63, 3.8) is 0 Å². The number of halogens is 4. The van der Waals surface area contributed by atoms with Crippen LogP contribution < -0.4 is 10.4 Å². The molecule has 3 aromatic heterocycles. The minimum atomic E-state index is -4.47. The van der Waals surface area contributed by atoms with Crippen molar-refractivity contribution in [2.75, 3.05) is 13.7 Å². The van der Waals surface area contributed by atoms with Crippen molar-refractivity contribution in [1.82, 2.24) is 13.9 Å². The molecule has 0 fully saturated rings. The highest BCUT2D eigenvalue weighted by Crippen LogP contribution is 2.43. The summed E-state index contributed by atoms with van der Waals surface area (Å²) in [5.41, 5.74) is 5.62. The Bertz CT molecular complexity index is 2190. The van der Waals surface area contributed by atoms with E-state index in [1.54, 1.807) is 19.4 Å². The van der Waals surface area contributed by atoms with Crippen LogP contribution in [0, 0.1) is 5.41 Å². The molecule has 6 rings (SSSR count). The molecule has 0 aliphatic heterocycles. The van der Waals surface area contributed by atoms with E-state index in [1.165, 1.54) is 21.7 Å². The van der Waals surface area contributed by atoms with E-state index in [2.05, 4.69) is 96.3 Å². The van der Waals surface area contributed by atoms with Gasteiger partial charge < -0.3 is 13.7 Å². The van der Waals surface area contributed by atoms with Crippen LogP contribution in [0.5, 0.6) is 0 Å². The van der Waals surface area contributed by atoms with Gasteiger partial charge in [-0.2, -0.15) is 17.5 Å². The third kappa shape index (κ3) is 9.08. The molecule has 1 atom stereocenters. The van der Waals surface area contributed by atoms with Crippen LogP contribution in [0.15, 0.2) is 97.2 Å². The van der Waals surface area contributed by atoms with Crippen LogP contribution in [0.1, 0.15) is 70.2 Å². The van der Waals surface area contributed by atoms with E-state index in [4.69, 9.17) is 9.16 Å². The van der Waals surface area contributed by atoms with E-state index >= 15 is 0 Å². The normalized spacial score (nSPS) is 13.3. The van der Waals surface area contributed by atoms with Gasteiger partial charge in [0.1, 0.15) is 6.54 Å². The fraction of sp³-hybridized carbons (Fsp3) is 0.349. The number of rotatable bonds is 13. The summed E-state index contributed by atoms with van der Waals surface area (Å²) in [6.45, 7) is 12.0. The van der Waals surface area contributed by atoms with Crippen molar-refractivity contribution in [2.45, 2.75) is 77.5 Å². The minimum absolute atomic E-state index is 0.0231. The standard InChI is InChI=1S/C43H46BrF3N3O2SSi/c1-28(51-7)39-34(14-11-21-48-39)40-36(35-22-29(38-23-31(25-44)49-53-38)15-20-37(35)50(40)26-43(45,46)47)24-42(5,6)27-52-54(32-12-9-8-10-13-32)33-18-16-30(17-19-33)41(2,3)4/h8-23,28H,24-27H2,1-7H3/t28-/m0/s1. The highest BCUT2D eigenvalue weighted by molar-refractivity contribution is 9.08. The highest BCUT2D eigenvalue weighted by atomic mass is 79.9. The Kier molecular flexibility index (Phi) is 12.0. The molecule has 0 aliphatic carbocycles. The molecular weight excluding hydrogens is 788 g/mol. The molecule has 0 N–H and O–H groups in total. The Morgan fingerprint density at radius 3 is 2.22 bits per heavy atom. The first-order valence-electron chi connectivity index (χ1n) is 18.0. The van der Waals surface area contributed by atoms with Crippen molar-refractivity contribution in [3.05, 3.63) is 120 Å². The molecule has 0 unspecified atom stereocenters. The lowest BCUT2D eigenvalue weighted by Crippen LogP contribution is -2.46. The maximum atomic E-state index is 14.6. The van der Waals surface area contributed by atoms with Crippen LogP contribution in [0.3, 0.4) is 0 Å². The van der Waals surface area contributed by atoms with Gasteiger partial charge in [-0.25, -0.2) is 0 Å². The number of hydrogen-bond donors (Lipinski definition) is 0. The Hall–Kier alpha value is -3.61. The number of nitrogens with zero attached hydrogens (tertiary/aromatic N) is 3. The predicted molar refractivity (Wildman–Crippen MR) is 220 cm³/mol. The third-order valence-corrected chi connectivity index (χ3v) is 13.2. The SMILES string of the molecule is CO[C@@H](C)c1ncccc1-c1c(CC(C)(C)CO[Si](c2ccccc2)c2ccc(C(C)(C)C)cc2)c2cc(-c3cc(CBr)ns3)ccc2n1CC(F)(F)F. The third-order valence-electron chi connectivity index (χ3n) is 9.63. The van der Waals surface area contributed by atoms with Gasteiger partial charge in [0.05, 0.1) is 28.1 Å². The number of alkyl halides is 4. The summed E-state index contributed by atoms with van der Waals surface area (Å²) in [6, 6.07) is 30.4. The first kappa shape index (κ1) is 40.1. The Morgan fingerprint density at radius 1 is 0.889 bits per heavy atom. The lowest BCUT2D eigenvalue weighted by Gasteiger charge is -2.29. The number of ether oxygens (including phenoxy) is 1. The Morgan fingerprint density at radius 2 is 1.59 bits per heavy atom. The fourth-order valence-electron chi connectivity index (χ4n) is 6.81. The molecule has 1 radical (unpaired) electrons. The predicted octanol–water partition coefficient (Wildman–Crippen LogP) is 10.7. The number of benzene rings is 3. The maximum absolute atomic E-state index is 14.6. The van der Waals surface area contributed by atoms with Crippen molar-refractivity contribution in [1.29, 1.82) is 0 Å². The molecule has 283 valence electrons. The Balaban J connectivity index is 1.48. The maximum Gasteiger partial charge on any atom is 0.406 e. The van der Waals surface area contributed by atoms with Gasteiger partial charge in [0.2, 0.25) is 0 Å². The zero-order valence-electron chi connectivity index (χ0n) is 31.7. The lowest BCUT2D eigenvalue weighted by molar-refractivity contribution is -0.139. The van der Waals surface area contributed by atoms with Crippen LogP contribution in [0.25, 0.3) is 32.6 Å². The largest absolute Gasteiger partial charge is 0.407 e. The van der Waals surface area contributed by atoms with Crippen molar-refractivity contribution >= 4 is 57.8 Å². The molecule has 6 aromatic rings. The molecule has 0 saturated carbocycles. The average Bonchev–Trinajstić information content (AvgIpc) is 3.73. The molecule has 11 heteroatoms. The summed E-state index contributed by atoms with van der Waals surface area (Å²) < 4.78 is 62.3. The first-order chi connectivity index (χ1) is 25.6. The topological polar surface area (TPSA) is 49.2 Å². The van der Waals surface area contributed by atoms with E-state index in [0.29, 0.717) is 40.8 Å². The van der Waals surface area contributed by atoms with Crippen molar-refractivity contribution < 1.29 is 22.3 Å². The van der Waals surface area contributed by atoms with Crippen LogP contribution in [-0.2, 0) is 32.9 Å². The summed E-state index contributed by atoms with van der Waals surface area (Å²) in [5, 5.41) is 3.66. The van der Waals surface area contributed by atoms with Crippen molar-refractivity contribution in [3.8, 4) is 21.7 Å². The van der Waals surface area contributed by atoms with E-state index in [9.17, 15) is 13.2 Å². The number of methoxy groups -OCH3 is 1. The van der Waals surface area contributed by atoms with Gasteiger partial charge in [-0.3, -0.25) is 4.98 Å². The van der Waals surface area contributed by atoms with Gasteiger partial charge in [0.25, 0.3) is 9.04 Å². The van der Waals surface area contributed by atoms with Gasteiger partial charge in [-0.05, 0) is 93.1 Å². The van der Waals surface area contributed by atoms with Crippen LogP contribution in [0.2, 0.25) is 0 Å². The molecule has 0 spiro atoms. The second-order valence-corrected chi connectivity index (χ2v) is 19.0. The van der Waals surface area contributed by atoms with Gasteiger partial charge in [-0.15, -0.1) is 0 Å². The smallest absolute Gasteiger partial charge is 0.406 e. The van der Waals surface area contributed by atoms with Crippen LogP contribution in [-0.4, -0.2) is 42.9 Å². The quantitative estimate of drug-likeness (QED) is 0.0859. The van der Waals surface area contributed by atoms with Crippen LogP contribution >= 0.6 is 27.5 Å². The average molecular weight is 834 g/mol. The highest BCUT2D eigenvalue weighted by Gasteiger charge is 2.35. The summed E-state index contributed by atoms with van der Waals surface area (Å²) in [6.07, 6.45) is -2.81. The monoisotopic (exact) mass is 832 g/mol. The lowest BCUT2D eigenvalue weighted by atomic mass is 9.84. The Labute approximate surface area is 330 Å². The molecular formula is C43H46BrF3N3O2SSi. The fourth-order valence-corrected chi connectivity index (χ4v) is 10.2. The van der Waals surface area contributed by atoms with Crippen LogP contribution in [0.4, 0.5) is 13.2 Å². The van der Waals surface area contributed by atoms with E-state index in [0.717, 1.165) is 37.5 Å².